The molecule has 1 atom stereocenters. The van der Waals surface area contributed by atoms with E-state index < -0.39 is 10.0 Å². The van der Waals surface area contributed by atoms with Gasteiger partial charge >= 0.3 is 0 Å². The summed E-state index contributed by atoms with van der Waals surface area (Å²) in [5, 5.41) is 0. The van der Waals surface area contributed by atoms with Crippen molar-refractivity contribution in [1.29, 1.82) is 0 Å². The molecule has 0 amide bonds. The van der Waals surface area contributed by atoms with Gasteiger partial charge in [0.25, 0.3) is 0 Å². The molecule has 1 aromatic rings. The topological polar surface area (TPSA) is 46.2 Å². The van der Waals surface area contributed by atoms with E-state index in [1.54, 1.807) is 12.1 Å². The lowest BCUT2D eigenvalue weighted by Crippen LogP contribution is -2.32. The van der Waals surface area contributed by atoms with Crippen molar-refractivity contribution in [3.8, 4) is 0 Å². The zero-order valence-electron chi connectivity index (χ0n) is 11.1. The van der Waals surface area contributed by atoms with E-state index in [4.69, 9.17) is 11.6 Å². The van der Waals surface area contributed by atoms with Crippen LogP contribution in [0.5, 0.6) is 0 Å². The number of hydrogen-bond acceptors (Lipinski definition) is 2. The van der Waals surface area contributed by atoms with Crippen molar-refractivity contribution in [2.75, 3.05) is 5.88 Å². The molecule has 1 unspecified atom stereocenters. The molecule has 106 valence electrons. The van der Waals surface area contributed by atoms with Gasteiger partial charge in [-0.15, -0.1) is 11.6 Å². The molecule has 0 aliphatic heterocycles. The molecule has 5 heteroatoms. The summed E-state index contributed by atoms with van der Waals surface area (Å²) in [5.41, 5.74) is 1.06. The zero-order chi connectivity index (χ0) is 13.9. The predicted molar refractivity (Wildman–Crippen MR) is 78.0 cm³/mol. The molecule has 0 aromatic heterocycles. The van der Waals surface area contributed by atoms with Gasteiger partial charge < -0.3 is 0 Å². The Labute approximate surface area is 120 Å². The fourth-order valence-electron chi connectivity index (χ4n) is 2.18. The molecule has 0 radical (unpaired) electrons. The maximum absolute atomic E-state index is 12.2. The molecule has 1 aliphatic rings. The van der Waals surface area contributed by atoms with Crippen molar-refractivity contribution in [1.82, 2.24) is 4.72 Å². The Morgan fingerprint density at radius 2 is 1.95 bits per heavy atom. The van der Waals surface area contributed by atoms with Gasteiger partial charge in [-0.1, -0.05) is 25.0 Å². The molecule has 1 aliphatic carbocycles. The van der Waals surface area contributed by atoms with Crippen LogP contribution in [-0.2, 0) is 16.4 Å². The molecule has 0 spiro atoms. The molecule has 1 saturated carbocycles. The van der Waals surface area contributed by atoms with Crippen LogP contribution in [0.2, 0.25) is 0 Å². The van der Waals surface area contributed by atoms with Crippen LogP contribution in [-0.4, -0.2) is 20.3 Å². The van der Waals surface area contributed by atoms with Crippen LogP contribution in [0.25, 0.3) is 0 Å². The van der Waals surface area contributed by atoms with E-state index in [0.717, 1.165) is 18.4 Å². The molecule has 2 rings (SSSR count). The van der Waals surface area contributed by atoms with Crippen LogP contribution < -0.4 is 4.72 Å². The van der Waals surface area contributed by atoms with Gasteiger partial charge in [-0.25, -0.2) is 13.1 Å². The number of aryl methyl sites for hydroxylation is 1. The monoisotopic (exact) mass is 301 g/mol. The first kappa shape index (κ1) is 14.8. The third kappa shape index (κ3) is 4.48. The standard InChI is InChI=1S/C14H20ClNO2S/c1-11(10-13-2-3-13)16-19(17,18)14-6-4-12(5-7-14)8-9-15/h4-7,11,13,16H,2-3,8-10H2,1H3. The van der Waals surface area contributed by atoms with Gasteiger partial charge in [0.1, 0.15) is 0 Å². The maximum Gasteiger partial charge on any atom is 0.240 e. The van der Waals surface area contributed by atoms with E-state index in [9.17, 15) is 8.42 Å². The Balaban J connectivity index is 2.01. The van der Waals surface area contributed by atoms with E-state index >= 15 is 0 Å². The first-order chi connectivity index (χ1) is 9.01. The van der Waals surface area contributed by atoms with Crippen molar-refractivity contribution >= 4 is 21.6 Å². The van der Waals surface area contributed by atoms with Crippen LogP contribution >= 0.6 is 11.6 Å². The molecule has 0 bridgehead atoms. The second kappa shape index (κ2) is 6.25. The molecule has 3 nitrogen and oxygen atoms in total. The van der Waals surface area contributed by atoms with Crippen LogP contribution in [0.15, 0.2) is 29.2 Å². The SMILES string of the molecule is CC(CC1CC1)NS(=O)(=O)c1ccc(CCCl)cc1. The Bertz CT molecular complexity index is 509. The van der Waals surface area contributed by atoms with Gasteiger partial charge in [-0.2, -0.15) is 0 Å². The average molecular weight is 302 g/mol. The van der Waals surface area contributed by atoms with E-state index in [-0.39, 0.29) is 6.04 Å². The van der Waals surface area contributed by atoms with Gasteiger partial charge in [0.05, 0.1) is 4.90 Å². The summed E-state index contributed by atoms with van der Waals surface area (Å²) >= 11 is 5.66. The summed E-state index contributed by atoms with van der Waals surface area (Å²) in [6, 6.07) is 6.94. The molecule has 0 heterocycles. The molecule has 1 N–H and O–H groups in total. The van der Waals surface area contributed by atoms with Crippen molar-refractivity contribution < 1.29 is 8.42 Å². The molecule has 1 aromatic carbocycles. The molecular weight excluding hydrogens is 282 g/mol. The summed E-state index contributed by atoms with van der Waals surface area (Å²) in [5.74, 6) is 1.26. The highest BCUT2D eigenvalue weighted by molar-refractivity contribution is 7.89. The maximum atomic E-state index is 12.2. The Morgan fingerprint density at radius 1 is 1.32 bits per heavy atom. The Kier molecular flexibility index (Phi) is 4.87. The van der Waals surface area contributed by atoms with Gasteiger partial charge in [0.2, 0.25) is 10.0 Å². The third-order valence-electron chi connectivity index (χ3n) is 3.36. The Hall–Kier alpha value is -0.580. The minimum Gasteiger partial charge on any atom is -0.208 e. The van der Waals surface area contributed by atoms with Gasteiger partial charge in [0.15, 0.2) is 0 Å². The normalized spacial score (nSPS) is 17.4. The van der Waals surface area contributed by atoms with Crippen molar-refractivity contribution in [3.05, 3.63) is 29.8 Å². The fourth-order valence-corrected chi connectivity index (χ4v) is 3.65. The lowest BCUT2D eigenvalue weighted by molar-refractivity contribution is 0.530. The number of sulfonamides is 1. The molecular formula is C14H20ClNO2S. The largest absolute Gasteiger partial charge is 0.240 e. The fraction of sp³-hybridized carbons (Fsp3) is 0.571. The highest BCUT2D eigenvalue weighted by Gasteiger charge is 2.26. The lowest BCUT2D eigenvalue weighted by Gasteiger charge is -2.14. The smallest absolute Gasteiger partial charge is 0.208 e. The van der Waals surface area contributed by atoms with Gasteiger partial charge in [0, 0.05) is 11.9 Å². The lowest BCUT2D eigenvalue weighted by atomic mass is 10.2. The summed E-state index contributed by atoms with van der Waals surface area (Å²) in [7, 11) is -3.39. The first-order valence-electron chi connectivity index (χ1n) is 6.68. The zero-order valence-corrected chi connectivity index (χ0v) is 12.7. The average Bonchev–Trinajstić information content (AvgIpc) is 3.13. The van der Waals surface area contributed by atoms with Gasteiger partial charge in [-0.05, 0) is 43.4 Å². The summed E-state index contributed by atoms with van der Waals surface area (Å²) < 4.78 is 27.1. The minimum absolute atomic E-state index is 0.0000170. The molecule has 19 heavy (non-hydrogen) atoms. The quantitative estimate of drug-likeness (QED) is 0.787. The predicted octanol–water partition coefficient (Wildman–Crippen LogP) is 2.93. The number of hydrogen-bond donors (Lipinski definition) is 1. The minimum atomic E-state index is -3.39. The first-order valence-corrected chi connectivity index (χ1v) is 8.70. The summed E-state index contributed by atoms with van der Waals surface area (Å²) in [4.78, 5) is 0.327. The van der Waals surface area contributed by atoms with Gasteiger partial charge in [-0.3, -0.25) is 0 Å². The Morgan fingerprint density at radius 3 is 2.47 bits per heavy atom. The number of rotatable bonds is 7. The second-order valence-corrected chi connectivity index (χ2v) is 7.38. The van der Waals surface area contributed by atoms with E-state index in [1.807, 2.05) is 19.1 Å². The number of benzene rings is 1. The summed E-state index contributed by atoms with van der Waals surface area (Å²) in [6.07, 6.45) is 4.16. The van der Waals surface area contributed by atoms with E-state index in [1.165, 1.54) is 12.8 Å². The van der Waals surface area contributed by atoms with E-state index in [0.29, 0.717) is 16.7 Å². The van der Waals surface area contributed by atoms with Crippen LogP contribution in [0, 0.1) is 5.92 Å². The van der Waals surface area contributed by atoms with Crippen LogP contribution in [0.4, 0.5) is 0 Å². The van der Waals surface area contributed by atoms with Crippen LogP contribution in [0.3, 0.4) is 0 Å². The van der Waals surface area contributed by atoms with Crippen molar-refractivity contribution in [3.63, 3.8) is 0 Å². The number of nitrogens with one attached hydrogen (secondary N) is 1. The highest BCUT2D eigenvalue weighted by atomic mass is 35.5. The summed E-state index contributed by atoms with van der Waals surface area (Å²) in [6.45, 7) is 1.93. The van der Waals surface area contributed by atoms with Crippen LogP contribution in [0.1, 0.15) is 31.7 Å². The molecule has 0 saturated heterocycles. The number of halogens is 1. The third-order valence-corrected chi connectivity index (χ3v) is 5.15. The number of alkyl halides is 1. The second-order valence-electron chi connectivity index (χ2n) is 5.28. The molecule has 1 fully saturated rings. The van der Waals surface area contributed by atoms with Crippen molar-refractivity contribution in [2.45, 2.75) is 43.5 Å². The highest BCUT2D eigenvalue weighted by Crippen LogP contribution is 2.33. The van der Waals surface area contributed by atoms with Crippen molar-refractivity contribution in [2.24, 2.45) is 5.92 Å². The van der Waals surface area contributed by atoms with E-state index in [2.05, 4.69) is 4.72 Å².